The van der Waals surface area contributed by atoms with Crippen LogP contribution in [0.3, 0.4) is 0 Å². The van der Waals surface area contributed by atoms with Crippen LogP contribution in [-0.2, 0) is 11.3 Å². The van der Waals surface area contributed by atoms with E-state index in [0.29, 0.717) is 12.0 Å². The normalized spacial score (nSPS) is 22.7. The van der Waals surface area contributed by atoms with Crippen LogP contribution in [0.5, 0.6) is 0 Å². The van der Waals surface area contributed by atoms with E-state index >= 15 is 0 Å². The summed E-state index contributed by atoms with van der Waals surface area (Å²) in [6.45, 7) is 7.18. The summed E-state index contributed by atoms with van der Waals surface area (Å²) in [6.07, 6.45) is 2.33. The molecule has 0 spiro atoms. The minimum absolute atomic E-state index is 0.589. The quantitative estimate of drug-likeness (QED) is 0.812. The lowest BCUT2D eigenvalue weighted by Gasteiger charge is -2.35. The number of halogens is 1. The van der Waals surface area contributed by atoms with E-state index in [0.717, 1.165) is 43.7 Å². The number of nitrogens with zero attached hydrogens (tertiary/aromatic N) is 1. The van der Waals surface area contributed by atoms with E-state index in [9.17, 15) is 0 Å². The number of hydrogen-bond donors (Lipinski definition) is 1. The molecule has 1 fully saturated rings. The molecule has 0 bridgehead atoms. The summed E-state index contributed by atoms with van der Waals surface area (Å²) < 4.78 is 6.82. The third-order valence-electron chi connectivity index (χ3n) is 4.04. The van der Waals surface area contributed by atoms with Crippen molar-refractivity contribution in [1.82, 2.24) is 10.2 Å². The van der Waals surface area contributed by atoms with Crippen LogP contribution in [0.2, 0.25) is 0 Å². The first kappa shape index (κ1) is 16.9. The zero-order valence-corrected chi connectivity index (χ0v) is 14.7. The van der Waals surface area contributed by atoms with E-state index in [-0.39, 0.29) is 0 Å². The van der Waals surface area contributed by atoms with E-state index in [1.165, 1.54) is 12.0 Å². The molecule has 1 aliphatic rings. The van der Waals surface area contributed by atoms with Crippen LogP contribution < -0.4 is 5.32 Å². The van der Waals surface area contributed by atoms with Crippen molar-refractivity contribution in [3.63, 3.8) is 0 Å². The van der Waals surface area contributed by atoms with Gasteiger partial charge >= 0.3 is 0 Å². The van der Waals surface area contributed by atoms with Gasteiger partial charge in [0.25, 0.3) is 0 Å². The molecule has 2 atom stereocenters. The topological polar surface area (TPSA) is 24.5 Å². The van der Waals surface area contributed by atoms with Crippen LogP contribution in [-0.4, -0.2) is 44.3 Å². The average molecular weight is 355 g/mol. The van der Waals surface area contributed by atoms with Gasteiger partial charge in [-0.05, 0) is 44.1 Å². The summed E-state index contributed by atoms with van der Waals surface area (Å²) in [5.41, 5.74) is 1.36. The van der Waals surface area contributed by atoms with Crippen LogP contribution in [0, 0.1) is 5.92 Å². The number of benzene rings is 1. The lowest BCUT2D eigenvalue weighted by Crippen LogP contribution is -2.47. The minimum Gasteiger partial charge on any atom is -0.381 e. The number of rotatable bonds is 7. The van der Waals surface area contributed by atoms with Crippen LogP contribution in [0.1, 0.15) is 25.3 Å². The second-order valence-electron chi connectivity index (χ2n) is 6.01. The number of nitrogens with one attached hydrogen (secondary N) is 1. The van der Waals surface area contributed by atoms with Gasteiger partial charge in [0.2, 0.25) is 0 Å². The van der Waals surface area contributed by atoms with Gasteiger partial charge in [-0.15, -0.1) is 0 Å². The Hall–Kier alpha value is -0.420. The Balaban J connectivity index is 1.84. The first-order valence-electron chi connectivity index (χ1n) is 7.93. The summed E-state index contributed by atoms with van der Waals surface area (Å²) in [5, 5.41) is 3.69. The molecule has 0 aliphatic carbocycles. The molecule has 21 heavy (non-hydrogen) atoms. The highest BCUT2D eigenvalue weighted by Gasteiger charge is 2.26. The average Bonchev–Trinajstić information content (AvgIpc) is 2.49. The van der Waals surface area contributed by atoms with Crippen molar-refractivity contribution >= 4 is 15.9 Å². The molecule has 1 heterocycles. The van der Waals surface area contributed by atoms with Crippen molar-refractivity contribution in [2.45, 2.75) is 32.4 Å². The molecule has 0 radical (unpaired) electrons. The smallest absolute Gasteiger partial charge is 0.0521 e. The zero-order valence-electron chi connectivity index (χ0n) is 13.1. The van der Waals surface area contributed by atoms with Gasteiger partial charge in [0.15, 0.2) is 0 Å². The van der Waals surface area contributed by atoms with Gasteiger partial charge in [-0.3, -0.25) is 0 Å². The van der Waals surface area contributed by atoms with Gasteiger partial charge in [-0.1, -0.05) is 35.0 Å². The molecule has 1 aromatic rings. The molecule has 1 aromatic carbocycles. The standard InChI is InChI=1S/C17H27BrN2O/c1-3-9-19-17-8-10-21-13-15(17)12-20(2)11-14-4-6-16(18)7-5-14/h4-7,15,17,19H,3,8-13H2,1-2H3. The van der Waals surface area contributed by atoms with Gasteiger partial charge in [0.1, 0.15) is 0 Å². The van der Waals surface area contributed by atoms with Gasteiger partial charge in [0, 0.05) is 36.1 Å². The highest BCUT2D eigenvalue weighted by Crippen LogP contribution is 2.18. The van der Waals surface area contributed by atoms with Crippen molar-refractivity contribution in [3.05, 3.63) is 34.3 Å². The summed E-state index contributed by atoms with van der Waals surface area (Å²) in [5.74, 6) is 0.589. The SMILES string of the molecule is CCCNC1CCOCC1CN(C)Cc1ccc(Br)cc1. The minimum atomic E-state index is 0.589. The molecule has 2 rings (SSSR count). The largest absolute Gasteiger partial charge is 0.381 e. The van der Waals surface area contributed by atoms with E-state index in [2.05, 4.69) is 64.4 Å². The second-order valence-corrected chi connectivity index (χ2v) is 6.92. The highest BCUT2D eigenvalue weighted by atomic mass is 79.9. The molecule has 0 amide bonds. The Morgan fingerprint density at radius 2 is 2.10 bits per heavy atom. The molecular weight excluding hydrogens is 328 g/mol. The van der Waals surface area contributed by atoms with Crippen LogP contribution in [0.15, 0.2) is 28.7 Å². The molecular formula is C17H27BrN2O. The Bertz CT molecular complexity index is 410. The van der Waals surface area contributed by atoms with Crippen molar-refractivity contribution in [2.24, 2.45) is 5.92 Å². The Morgan fingerprint density at radius 3 is 2.81 bits per heavy atom. The monoisotopic (exact) mass is 354 g/mol. The Labute approximate surface area is 137 Å². The van der Waals surface area contributed by atoms with E-state index in [4.69, 9.17) is 4.74 Å². The van der Waals surface area contributed by atoms with Crippen LogP contribution in [0.4, 0.5) is 0 Å². The summed E-state index contributed by atoms with van der Waals surface area (Å²) in [4.78, 5) is 2.41. The van der Waals surface area contributed by atoms with Crippen LogP contribution in [0.25, 0.3) is 0 Å². The van der Waals surface area contributed by atoms with E-state index in [1.54, 1.807) is 0 Å². The Kier molecular flexibility index (Phi) is 7.17. The zero-order chi connectivity index (χ0) is 15.1. The number of hydrogen-bond acceptors (Lipinski definition) is 3. The van der Waals surface area contributed by atoms with Crippen molar-refractivity contribution in [1.29, 1.82) is 0 Å². The fraction of sp³-hybridized carbons (Fsp3) is 0.647. The lowest BCUT2D eigenvalue weighted by atomic mass is 9.95. The molecule has 2 unspecified atom stereocenters. The van der Waals surface area contributed by atoms with Crippen molar-refractivity contribution in [2.75, 3.05) is 33.4 Å². The predicted molar refractivity (Wildman–Crippen MR) is 91.5 cm³/mol. The first-order chi connectivity index (χ1) is 10.2. The molecule has 1 saturated heterocycles. The molecule has 0 aromatic heterocycles. The predicted octanol–water partition coefficient (Wildman–Crippen LogP) is 3.29. The summed E-state index contributed by atoms with van der Waals surface area (Å²) in [6, 6.07) is 9.19. The van der Waals surface area contributed by atoms with Crippen molar-refractivity contribution < 1.29 is 4.74 Å². The first-order valence-corrected chi connectivity index (χ1v) is 8.72. The maximum Gasteiger partial charge on any atom is 0.0521 e. The van der Waals surface area contributed by atoms with E-state index in [1.807, 2.05) is 0 Å². The molecule has 1 aliphatic heterocycles. The molecule has 118 valence electrons. The molecule has 4 heteroatoms. The second kappa shape index (κ2) is 8.89. The van der Waals surface area contributed by atoms with E-state index < -0.39 is 0 Å². The summed E-state index contributed by atoms with van der Waals surface area (Å²) in [7, 11) is 2.20. The highest BCUT2D eigenvalue weighted by molar-refractivity contribution is 9.10. The van der Waals surface area contributed by atoms with Crippen molar-refractivity contribution in [3.8, 4) is 0 Å². The lowest BCUT2D eigenvalue weighted by molar-refractivity contribution is 0.0189. The third-order valence-corrected chi connectivity index (χ3v) is 4.57. The molecule has 0 saturated carbocycles. The van der Waals surface area contributed by atoms with Gasteiger partial charge in [-0.2, -0.15) is 0 Å². The molecule has 3 nitrogen and oxygen atoms in total. The third kappa shape index (κ3) is 5.70. The maximum atomic E-state index is 5.69. The number of ether oxygens (including phenoxy) is 1. The Morgan fingerprint density at radius 1 is 1.33 bits per heavy atom. The van der Waals surface area contributed by atoms with Gasteiger partial charge in [0.05, 0.1) is 6.61 Å². The van der Waals surface area contributed by atoms with Gasteiger partial charge in [-0.25, -0.2) is 0 Å². The fourth-order valence-electron chi connectivity index (χ4n) is 2.94. The molecule has 1 N–H and O–H groups in total. The maximum absolute atomic E-state index is 5.69. The summed E-state index contributed by atoms with van der Waals surface area (Å²) >= 11 is 3.48. The van der Waals surface area contributed by atoms with Crippen LogP contribution >= 0.6 is 15.9 Å². The fourth-order valence-corrected chi connectivity index (χ4v) is 3.21. The van der Waals surface area contributed by atoms with Gasteiger partial charge < -0.3 is 15.0 Å².